The fourth-order valence-electron chi connectivity index (χ4n) is 2.11. The Morgan fingerprint density at radius 3 is 2.80 bits per heavy atom. The van der Waals surface area contributed by atoms with E-state index in [9.17, 15) is 0 Å². The van der Waals surface area contributed by atoms with Gasteiger partial charge in [0.2, 0.25) is 0 Å². The smallest absolute Gasteiger partial charge is 0.183 e. The summed E-state index contributed by atoms with van der Waals surface area (Å²) in [5, 5.41) is 1.08. The number of pyridine rings is 1. The van der Waals surface area contributed by atoms with E-state index in [2.05, 4.69) is 71.0 Å². The first kappa shape index (κ1) is 15.9. The van der Waals surface area contributed by atoms with Gasteiger partial charge in [-0.25, -0.2) is 9.55 Å². The third kappa shape index (κ3) is 3.04. The topological polar surface area (TPSA) is 16.8 Å². The first-order valence-corrected chi connectivity index (χ1v) is 7.84. The van der Waals surface area contributed by atoms with Gasteiger partial charge in [0.15, 0.2) is 12.4 Å². The van der Waals surface area contributed by atoms with Crippen LogP contribution in [0.4, 0.5) is 0 Å². The van der Waals surface area contributed by atoms with Crippen LogP contribution in [0.3, 0.4) is 0 Å². The van der Waals surface area contributed by atoms with Gasteiger partial charge < -0.3 is 24.0 Å². The van der Waals surface area contributed by atoms with Crippen molar-refractivity contribution < 1.29 is 28.5 Å². The van der Waals surface area contributed by atoms with Crippen LogP contribution in [0, 0.1) is 6.92 Å². The highest BCUT2D eigenvalue weighted by Crippen LogP contribution is 2.31. The van der Waals surface area contributed by atoms with Crippen LogP contribution in [0.15, 0.2) is 41.1 Å². The summed E-state index contributed by atoms with van der Waals surface area (Å²) in [7, 11) is 0. The van der Waals surface area contributed by atoms with E-state index in [0.717, 1.165) is 27.1 Å². The SMILES string of the molecule is CC[n+]1cc(Br)cc(-c2nc3c(C)cccc3s2)c1.[I-]. The highest BCUT2D eigenvalue weighted by Gasteiger charge is 2.12. The standard InChI is InChI=1S/C15H14BrN2S.HI/c1-3-18-8-11(7-12(16)9-18)15-17-14-10(2)5-4-6-13(14)19-15;/h4-9H,3H2,1-2H3;1H/q+1;/p-1. The number of nitrogens with zero attached hydrogens (tertiary/aromatic N) is 2. The lowest BCUT2D eigenvalue weighted by Gasteiger charge is -1.97. The first-order valence-electron chi connectivity index (χ1n) is 6.23. The molecule has 2 heterocycles. The van der Waals surface area contributed by atoms with Gasteiger partial charge in [0.1, 0.15) is 11.6 Å². The zero-order valence-corrected chi connectivity index (χ0v) is 15.8. The third-order valence-corrected chi connectivity index (χ3v) is 4.62. The molecule has 20 heavy (non-hydrogen) atoms. The molecular weight excluding hydrogens is 447 g/mol. The summed E-state index contributed by atoms with van der Waals surface area (Å²) in [5.41, 5.74) is 3.51. The molecule has 5 heteroatoms. The second kappa shape index (κ2) is 6.49. The van der Waals surface area contributed by atoms with Crippen molar-refractivity contribution in [2.24, 2.45) is 0 Å². The normalized spacial score (nSPS) is 10.6. The molecule has 0 aliphatic rings. The van der Waals surface area contributed by atoms with Crippen LogP contribution >= 0.6 is 27.3 Å². The zero-order chi connectivity index (χ0) is 13.4. The van der Waals surface area contributed by atoms with Gasteiger partial charge in [0, 0.05) is 0 Å². The summed E-state index contributed by atoms with van der Waals surface area (Å²) < 4.78 is 4.50. The Labute approximate surface area is 148 Å². The van der Waals surface area contributed by atoms with E-state index in [1.54, 1.807) is 11.3 Å². The molecule has 1 aromatic carbocycles. The minimum absolute atomic E-state index is 0. The highest BCUT2D eigenvalue weighted by atomic mass is 127. The Balaban J connectivity index is 0.00000147. The van der Waals surface area contributed by atoms with E-state index in [0.29, 0.717) is 0 Å². The third-order valence-electron chi connectivity index (χ3n) is 3.12. The molecule has 0 N–H and O–H groups in total. The summed E-state index contributed by atoms with van der Waals surface area (Å²) in [5.74, 6) is 0. The van der Waals surface area contributed by atoms with Crippen molar-refractivity contribution in [3.63, 3.8) is 0 Å². The van der Waals surface area contributed by atoms with Crippen LogP contribution in [0.2, 0.25) is 0 Å². The van der Waals surface area contributed by atoms with Crippen molar-refractivity contribution in [3.05, 3.63) is 46.7 Å². The minimum Gasteiger partial charge on any atom is -1.00 e. The van der Waals surface area contributed by atoms with Gasteiger partial charge in [-0.1, -0.05) is 12.1 Å². The molecule has 3 rings (SSSR count). The number of hydrogen-bond acceptors (Lipinski definition) is 2. The Morgan fingerprint density at radius 1 is 1.30 bits per heavy atom. The van der Waals surface area contributed by atoms with Crippen molar-refractivity contribution in [1.29, 1.82) is 0 Å². The summed E-state index contributed by atoms with van der Waals surface area (Å²) in [6.07, 6.45) is 4.24. The Kier molecular flexibility index (Phi) is 5.14. The predicted molar refractivity (Wildman–Crippen MR) is 83.4 cm³/mol. The predicted octanol–water partition coefficient (Wildman–Crippen LogP) is 1.35. The van der Waals surface area contributed by atoms with E-state index < -0.39 is 0 Å². The van der Waals surface area contributed by atoms with E-state index in [1.165, 1.54) is 10.3 Å². The highest BCUT2D eigenvalue weighted by molar-refractivity contribution is 9.10. The Bertz CT molecular complexity index is 755. The molecule has 0 spiro atoms. The monoisotopic (exact) mass is 460 g/mol. The maximum atomic E-state index is 4.78. The number of thiazole rings is 1. The van der Waals surface area contributed by atoms with E-state index in [1.807, 2.05) is 0 Å². The molecule has 0 amide bonds. The number of benzene rings is 1. The summed E-state index contributed by atoms with van der Waals surface area (Å²) >= 11 is 5.31. The zero-order valence-electron chi connectivity index (χ0n) is 11.2. The molecule has 0 saturated carbocycles. The molecule has 0 bridgehead atoms. The number of halogens is 2. The van der Waals surface area contributed by atoms with E-state index in [4.69, 9.17) is 4.98 Å². The van der Waals surface area contributed by atoms with Crippen molar-refractivity contribution >= 4 is 37.5 Å². The largest absolute Gasteiger partial charge is 1.00 e. The van der Waals surface area contributed by atoms with Crippen LogP contribution in [-0.2, 0) is 6.54 Å². The number of aromatic nitrogens is 2. The Morgan fingerprint density at radius 2 is 2.10 bits per heavy atom. The average molecular weight is 461 g/mol. The van der Waals surface area contributed by atoms with Crippen LogP contribution in [0.25, 0.3) is 20.8 Å². The number of hydrogen-bond donors (Lipinski definition) is 0. The van der Waals surface area contributed by atoms with Crippen molar-refractivity contribution in [3.8, 4) is 10.6 Å². The molecule has 0 saturated heterocycles. The molecule has 0 aliphatic heterocycles. The molecule has 2 aromatic heterocycles. The molecule has 0 radical (unpaired) electrons. The van der Waals surface area contributed by atoms with Crippen LogP contribution < -0.4 is 28.5 Å². The lowest BCUT2D eigenvalue weighted by molar-refractivity contribution is -0.693. The summed E-state index contributed by atoms with van der Waals surface area (Å²) in [4.78, 5) is 4.78. The first-order chi connectivity index (χ1) is 9.17. The molecule has 104 valence electrons. The molecule has 2 nitrogen and oxygen atoms in total. The number of fused-ring (bicyclic) bond motifs is 1. The van der Waals surface area contributed by atoms with Gasteiger partial charge in [0.25, 0.3) is 0 Å². The maximum absolute atomic E-state index is 4.78. The second-order valence-corrected chi connectivity index (χ2v) is 6.46. The van der Waals surface area contributed by atoms with Crippen LogP contribution in [0.5, 0.6) is 0 Å². The molecule has 3 aromatic rings. The van der Waals surface area contributed by atoms with Gasteiger partial charge in [-0.3, -0.25) is 0 Å². The molecule has 0 aliphatic carbocycles. The van der Waals surface area contributed by atoms with Crippen LogP contribution in [-0.4, -0.2) is 4.98 Å². The summed E-state index contributed by atoms with van der Waals surface area (Å²) in [6.45, 7) is 5.20. The van der Waals surface area contributed by atoms with Gasteiger partial charge in [-0.15, -0.1) is 11.3 Å². The molecule has 0 atom stereocenters. The second-order valence-electron chi connectivity index (χ2n) is 4.51. The molecular formula is C15H14BrIN2S. The van der Waals surface area contributed by atoms with Crippen molar-refractivity contribution in [2.45, 2.75) is 20.4 Å². The Hall–Kier alpha value is -0.530. The van der Waals surface area contributed by atoms with Gasteiger partial charge in [-0.05, 0) is 47.5 Å². The van der Waals surface area contributed by atoms with Crippen molar-refractivity contribution in [2.75, 3.05) is 0 Å². The van der Waals surface area contributed by atoms with Crippen molar-refractivity contribution in [1.82, 2.24) is 4.98 Å². The van der Waals surface area contributed by atoms with E-state index in [-0.39, 0.29) is 24.0 Å². The quantitative estimate of drug-likeness (QED) is 0.416. The summed E-state index contributed by atoms with van der Waals surface area (Å²) in [6, 6.07) is 8.46. The maximum Gasteiger partial charge on any atom is 0.183 e. The molecule has 0 unspecified atom stereocenters. The number of rotatable bonds is 2. The fraction of sp³-hybridized carbons (Fsp3) is 0.200. The average Bonchev–Trinajstić information content (AvgIpc) is 2.83. The fourth-order valence-corrected chi connectivity index (χ4v) is 3.64. The number of aryl methyl sites for hydroxylation is 2. The minimum atomic E-state index is 0. The van der Waals surface area contributed by atoms with Gasteiger partial charge in [0.05, 0.1) is 20.3 Å². The van der Waals surface area contributed by atoms with Crippen LogP contribution in [0.1, 0.15) is 12.5 Å². The number of para-hydroxylation sites is 1. The lowest BCUT2D eigenvalue weighted by Crippen LogP contribution is -3.00. The van der Waals surface area contributed by atoms with Gasteiger partial charge >= 0.3 is 0 Å². The van der Waals surface area contributed by atoms with Gasteiger partial charge in [-0.2, -0.15) is 0 Å². The van der Waals surface area contributed by atoms with E-state index >= 15 is 0 Å². The molecule has 0 fully saturated rings. The lowest BCUT2D eigenvalue weighted by atomic mass is 10.2.